The lowest BCUT2D eigenvalue weighted by atomic mass is 10.1. The third-order valence-corrected chi connectivity index (χ3v) is 3.03. The molecule has 0 aliphatic carbocycles. The first-order valence-corrected chi connectivity index (χ1v) is 7.13. The summed E-state index contributed by atoms with van der Waals surface area (Å²) in [6.45, 7) is 2.87. The molecule has 0 saturated carbocycles. The van der Waals surface area contributed by atoms with Crippen LogP contribution in [0.3, 0.4) is 0 Å². The Bertz CT molecular complexity index is 338. The number of oxime groups is 1. The molecule has 0 aliphatic heterocycles. The molecule has 0 amide bonds. The van der Waals surface area contributed by atoms with Gasteiger partial charge in [-0.2, -0.15) is 0 Å². The zero-order chi connectivity index (χ0) is 13.1. The van der Waals surface area contributed by atoms with Gasteiger partial charge in [-0.25, -0.2) is 0 Å². The molecule has 3 heteroatoms. The summed E-state index contributed by atoms with van der Waals surface area (Å²) in [6, 6.07) is 9.65. The van der Waals surface area contributed by atoms with Gasteiger partial charge in [0, 0.05) is 5.56 Å². The highest BCUT2D eigenvalue weighted by atomic mass is 35.5. The van der Waals surface area contributed by atoms with E-state index >= 15 is 0 Å². The average molecular weight is 268 g/mol. The second-order valence-corrected chi connectivity index (χ2v) is 4.71. The summed E-state index contributed by atoms with van der Waals surface area (Å²) in [5, 5.41) is 4.33. The molecule has 0 unspecified atom stereocenters. The third kappa shape index (κ3) is 6.65. The molecule has 18 heavy (non-hydrogen) atoms. The van der Waals surface area contributed by atoms with Crippen LogP contribution in [0.5, 0.6) is 0 Å². The highest BCUT2D eigenvalue weighted by Crippen LogP contribution is 2.07. The lowest BCUT2D eigenvalue weighted by Crippen LogP contribution is -1.94. The van der Waals surface area contributed by atoms with E-state index in [4.69, 9.17) is 16.4 Å². The molecule has 2 nitrogen and oxygen atoms in total. The Kier molecular flexibility index (Phi) is 8.32. The number of halogens is 1. The standard InChI is InChI=1S/C15H22ClNO/c1-2-3-4-5-6-10-13-18-17-15(16)14-11-8-7-9-12-14/h7-9,11-12H,2-6,10,13H2,1H3/b17-15-. The molecule has 1 aromatic rings. The lowest BCUT2D eigenvalue weighted by Gasteiger charge is -2.01. The van der Waals surface area contributed by atoms with Crippen LogP contribution < -0.4 is 0 Å². The minimum atomic E-state index is 0.418. The van der Waals surface area contributed by atoms with Crippen LogP contribution in [-0.4, -0.2) is 11.8 Å². The van der Waals surface area contributed by atoms with Gasteiger partial charge in [-0.1, -0.05) is 79.7 Å². The van der Waals surface area contributed by atoms with Crippen LogP contribution in [0, 0.1) is 0 Å². The maximum Gasteiger partial charge on any atom is 0.175 e. The highest BCUT2D eigenvalue weighted by Gasteiger charge is 1.98. The minimum absolute atomic E-state index is 0.418. The Morgan fingerprint density at radius 2 is 1.72 bits per heavy atom. The highest BCUT2D eigenvalue weighted by molar-refractivity contribution is 6.69. The number of rotatable bonds is 9. The molecule has 0 aromatic heterocycles. The maximum atomic E-state index is 6.01. The monoisotopic (exact) mass is 267 g/mol. The molecule has 0 radical (unpaired) electrons. The van der Waals surface area contributed by atoms with Gasteiger partial charge < -0.3 is 4.84 Å². The van der Waals surface area contributed by atoms with Crippen LogP contribution >= 0.6 is 11.6 Å². The Hall–Kier alpha value is -1.02. The van der Waals surface area contributed by atoms with Crippen LogP contribution in [0.25, 0.3) is 0 Å². The zero-order valence-corrected chi connectivity index (χ0v) is 11.8. The fourth-order valence-electron chi connectivity index (χ4n) is 1.68. The molecule has 1 rings (SSSR count). The van der Waals surface area contributed by atoms with E-state index in [-0.39, 0.29) is 0 Å². The molecule has 0 heterocycles. The molecule has 0 N–H and O–H groups in total. The number of unbranched alkanes of at least 4 members (excludes halogenated alkanes) is 5. The molecular weight excluding hydrogens is 246 g/mol. The van der Waals surface area contributed by atoms with Gasteiger partial charge in [-0.05, 0) is 12.8 Å². The molecule has 0 bridgehead atoms. The second-order valence-electron chi connectivity index (χ2n) is 4.35. The van der Waals surface area contributed by atoms with Gasteiger partial charge in [0.1, 0.15) is 6.61 Å². The fourth-order valence-corrected chi connectivity index (χ4v) is 1.85. The van der Waals surface area contributed by atoms with Crippen LogP contribution in [0.1, 0.15) is 51.0 Å². The van der Waals surface area contributed by atoms with Crippen LogP contribution in [0.2, 0.25) is 0 Å². The summed E-state index contributed by atoms with van der Waals surface area (Å²) >= 11 is 6.01. The van der Waals surface area contributed by atoms with Crippen LogP contribution in [0.4, 0.5) is 0 Å². The number of hydrogen-bond donors (Lipinski definition) is 0. The molecule has 0 atom stereocenters. The van der Waals surface area contributed by atoms with Crippen LogP contribution in [0.15, 0.2) is 35.5 Å². The summed E-state index contributed by atoms with van der Waals surface area (Å²) in [4.78, 5) is 5.21. The van der Waals surface area contributed by atoms with Crippen molar-refractivity contribution >= 4 is 16.8 Å². The zero-order valence-electron chi connectivity index (χ0n) is 11.1. The summed E-state index contributed by atoms with van der Waals surface area (Å²) in [6.07, 6.45) is 7.48. The van der Waals surface area contributed by atoms with Crippen molar-refractivity contribution < 1.29 is 4.84 Å². The normalized spacial score (nSPS) is 11.6. The smallest absolute Gasteiger partial charge is 0.175 e. The van der Waals surface area contributed by atoms with E-state index in [1.54, 1.807) is 0 Å². The molecule has 100 valence electrons. The van der Waals surface area contributed by atoms with Crippen molar-refractivity contribution in [2.24, 2.45) is 5.16 Å². The van der Waals surface area contributed by atoms with Crippen molar-refractivity contribution in [1.82, 2.24) is 0 Å². The lowest BCUT2D eigenvalue weighted by molar-refractivity contribution is 0.140. The molecular formula is C15H22ClNO. The Balaban J connectivity index is 2.10. The van der Waals surface area contributed by atoms with E-state index in [0.29, 0.717) is 11.8 Å². The van der Waals surface area contributed by atoms with E-state index in [1.165, 1.54) is 32.1 Å². The largest absolute Gasteiger partial charge is 0.395 e. The van der Waals surface area contributed by atoms with Crippen molar-refractivity contribution in [3.63, 3.8) is 0 Å². The van der Waals surface area contributed by atoms with Gasteiger partial charge in [-0.3, -0.25) is 0 Å². The maximum absolute atomic E-state index is 6.01. The first-order chi connectivity index (χ1) is 8.84. The molecule has 0 fully saturated rings. The Morgan fingerprint density at radius 1 is 1.06 bits per heavy atom. The van der Waals surface area contributed by atoms with Gasteiger partial charge in [0.15, 0.2) is 5.17 Å². The predicted molar refractivity (Wildman–Crippen MR) is 78.2 cm³/mol. The molecule has 1 aromatic carbocycles. The summed E-state index contributed by atoms with van der Waals surface area (Å²) < 4.78 is 0. The topological polar surface area (TPSA) is 21.6 Å². The van der Waals surface area contributed by atoms with Gasteiger partial charge in [-0.15, -0.1) is 0 Å². The van der Waals surface area contributed by atoms with Gasteiger partial charge in [0.25, 0.3) is 0 Å². The van der Waals surface area contributed by atoms with Gasteiger partial charge >= 0.3 is 0 Å². The van der Waals surface area contributed by atoms with Crippen molar-refractivity contribution in [3.05, 3.63) is 35.9 Å². The predicted octanol–water partition coefficient (Wildman–Crippen LogP) is 4.96. The van der Waals surface area contributed by atoms with Gasteiger partial charge in [0.05, 0.1) is 0 Å². The van der Waals surface area contributed by atoms with E-state index < -0.39 is 0 Å². The van der Waals surface area contributed by atoms with E-state index in [1.807, 2.05) is 30.3 Å². The number of hydrogen-bond acceptors (Lipinski definition) is 2. The minimum Gasteiger partial charge on any atom is -0.395 e. The van der Waals surface area contributed by atoms with Crippen molar-refractivity contribution in [1.29, 1.82) is 0 Å². The second kappa shape index (κ2) is 9.95. The first-order valence-electron chi connectivity index (χ1n) is 6.75. The van der Waals surface area contributed by atoms with E-state index in [0.717, 1.165) is 12.0 Å². The van der Waals surface area contributed by atoms with Crippen molar-refractivity contribution in [3.8, 4) is 0 Å². The average Bonchev–Trinajstić information content (AvgIpc) is 2.42. The Labute approximate surface area is 115 Å². The third-order valence-electron chi connectivity index (χ3n) is 2.75. The molecule has 0 aliphatic rings. The van der Waals surface area contributed by atoms with Crippen molar-refractivity contribution in [2.75, 3.05) is 6.61 Å². The van der Waals surface area contributed by atoms with Crippen LogP contribution in [-0.2, 0) is 4.84 Å². The SMILES string of the molecule is CCCCCCCCO/N=C(\Cl)c1ccccc1. The number of nitrogens with zero attached hydrogens (tertiary/aromatic N) is 1. The molecule has 0 saturated heterocycles. The van der Waals surface area contributed by atoms with Gasteiger partial charge in [0.2, 0.25) is 0 Å². The number of benzene rings is 1. The molecule has 0 spiro atoms. The van der Waals surface area contributed by atoms with E-state index in [2.05, 4.69) is 12.1 Å². The fraction of sp³-hybridized carbons (Fsp3) is 0.533. The summed E-state index contributed by atoms with van der Waals surface area (Å²) in [7, 11) is 0. The Morgan fingerprint density at radius 3 is 2.44 bits per heavy atom. The summed E-state index contributed by atoms with van der Waals surface area (Å²) in [5.74, 6) is 0. The van der Waals surface area contributed by atoms with Crippen molar-refractivity contribution in [2.45, 2.75) is 45.4 Å². The van der Waals surface area contributed by atoms with E-state index in [9.17, 15) is 0 Å². The summed E-state index contributed by atoms with van der Waals surface area (Å²) in [5.41, 5.74) is 0.891. The quantitative estimate of drug-likeness (QED) is 0.352. The first kappa shape index (κ1) is 15.0.